The highest BCUT2D eigenvalue weighted by atomic mass is 35.5. The molecule has 2 N–H and O–H groups in total. The number of amides is 1. The second kappa shape index (κ2) is 6.00. The Morgan fingerprint density at radius 1 is 1.38 bits per heavy atom. The van der Waals surface area contributed by atoms with Crippen molar-refractivity contribution < 1.29 is 4.79 Å². The van der Waals surface area contributed by atoms with E-state index in [1.807, 2.05) is 18.2 Å². The Labute approximate surface area is 128 Å². The van der Waals surface area contributed by atoms with E-state index >= 15 is 0 Å². The molecule has 3 rings (SSSR count). The minimum atomic E-state index is -0.115. The maximum atomic E-state index is 12.4. The van der Waals surface area contributed by atoms with Gasteiger partial charge in [-0.1, -0.05) is 30.7 Å². The van der Waals surface area contributed by atoms with Gasteiger partial charge in [-0.05, 0) is 43.6 Å². The topological polar surface area (TPSA) is 54.0 Å². The van der Waals surface area contributed by atoms with Crippen molar-refractivity contribution in [3.63, 3.8) is 0 Å². The second-order valence-corrected chi connectivity index (χ2v) is 6.02. The molecular weight excluding hydrogens is 286 g/mol. The molecule has 0 radical (unpaired) electrons. The molecule has 1 amide bonds. The zero-order valence-electron chi connectivity index (χ0n) is 11.9. The van der Waals surface area contributed by atoms with Gasteiger partial charge in [0.05, 0.1) is 5.52 Å². The highest BCUT2D eigenvalue weighted by Crippen LogP contribution is 2.18. The summed E-state index contributed by atoms with van der Waals surface area (Å²) in [5.41, 5.74) is 1.18. The highest BCUT2D eigenvalue weighted by molar-refractivity contribution is 6.31. The number of piperidine rings is 1. The van der Waals surface area contributed by atoms with Crippen molar-refractivity contribution >= 4 is 28.4 Å². The molecule has 0 bridgehead atoms. The molecule has 0 saturated carbocycles. The van der Waals surface area contributed by atoms with Crippen LogP contribution < -0.4 is 10.6 Å². The van der Waals surface area contributed by atoms with Gasteiger partial charge in [-0.2, -0.15) is 0 Å². The average Bonchev–Trinajstić information content (AvgIpc) is 2.48. The first-order valence-corrected chi connectivity index (χ1v) is 7.59. The molecule has 1 fully saturated rings. The number of hydrogen-bond donors (Lipinski definition) is 2. The summed E-state index contributed by atoms with van der Waals surface area (Å²) in [6.45, 7) is 4.02. The van der Waals surface area contributed by atoms with E-state index in [0.29, 0.717) is 16.6 Å². The molecule has 2 heterocycles. The third kappa shape index (κ3) is 3.17. The van der Waals surface area contributed by atoms with Crippen molar-refractivity contribution in [2.45, 2.75) is 19.4 Å². The van der Waals surface area contributed by atoms with E-state index in [9.17, 15) is 4.79 Å². The van der Waals surface area contributed by atoms with Gasteiger partial charge in [-0.15, -0.1) is 0 Å². The molecule has 1 aromatic heterocycles. The summed E-state index contributed by atoms with van der Waals surface area (Å²) in [5, 5.41) is 8.02. The molecule has 1 aromatic carbocycles. The lowest BCUT2D eigenvalue weighted by molar-refractivity contribution is 0.0909. The Morgan fingerprint density at radius 2 is 2.19 bits per heavy atom. The Kier molecular flexibility index (Phi) is 4.08. The monoisotopic (exact) mass is 303 g/mol. The van der Waals surface area contributed by atoms with E-state index in [4.69, 9.17) is 11.6 Å². The zero-order valence-corrected chi connectivity index (χ0v) is 12.7. The summed E-state index contributed by atoms with van der Waals surface area (Å²) in [4.78, 5) is 16.8. The number of halogens is 1. The van der Waals surface area contributed by atoms with Crippen LogP contribution in [0.4, 0.5) is 0 Å². The predicted octanol–water partition coefficient (Wildman–Crippen LogP) is 2.62. The average molecular weight is 304 g/mol. The number of fused-ring (bicyclic) bond motifs is 1. The molecule has 2 unspecified atom stereocenters. The number of benzene rings is 1. The van der Waals surface area contributed by atoms with E-state index in [1.165, 1.54) is 0 Å². The third-order valence-corrected chi connectivity index (χ3v) is 4.22. The minimum Gasteiger partial charge on any atom is -0.348 e. The SMILES string of the molecule is CC1CNCCC1NC(=O)c1ccc2ccc(Cl)cc2n1. The van der Waals surface area contributed by atoms with Gasteiger partial charge in [-0.25, -0.2) is 4.98 Å². The fourth-order valence-corrected chi connectivity index (χ4v) is 2.85. The maximum Gasteiger partial charge on any atom is 0.270 e. The summed E-state index contributed by atoms with van der Waals surface area (Å²) in [5.74, 6) is 0.313. The summed E-state index contributed by atoms with van der Waals surface area (Å²) >= 11 is 5.98. The van der Waals surface area contributed by atoms with Crippen LogP contribution in [0.2, 0.25) is 5.02 Å². The summed E-state index contributed by atoms with van der Waals surface area (Å²) in [6, 6.07) is 9.37. The van der Waals surface area contributed by atoms with Gasteiger partial charge in [0.15, 0.2) is 0 Å². The molecule has 110 valence electrons. The zero-order chi connectivity index (χ0) is 14.8. The molecule has 5 heteroatoms. The van der Waals surface area contributed by atoms with Crippen molar-refractivity contribution in [1.29, 1.82) is 0 Å². The van der Waals surface area contributed by atoms with Crippen LogP contribution in [-0.2, 0) is 0 Å². The highest BCUT2D eigenvalue weighted by Gasteiger charge is 2.23. The Morgan fingerprint density at radius 3 is 3.00 bits per heavy atom. The predicted molar refractivity (Wildman–Crippen MR) is 84.7 cm³/mol. The molecule has 1 saturated heterocycles. The van der Waals surface area contributed by atoms with E-state index in [-0.39, 0.29) is 11.9 Å². The van der Waals surface area contributed by atoms with Crippen LogP contribution in [0.3, 0.4) is 0 Å². The quantitative estimate of drug-likeness (QED) is 0.896. The number of hydrogen-bond acceptors (Lipinski definition) is 3. The molecule has 21 heavy (non-hydrogen) atoms. The van der Waals surface area contributed by atoms with Crippen molar-refractivity contribution in [3.8, 4) is 0 Å². The first kappa shape index (κ1) is 14.3. The van der Waals surface area contributed by atoms with Crippen LogP contribution in [0.15, 0.2) is 30.3 Å². The van der Waals surface area contributed by atoms with Gasteiger partial charge in [0.1, 0.15) is 5.69 Å². The molecular formula is C16H18ClN3O. The first-order valence-electron chi connectivity index (χ1n) is 7.21. The maximum absolute atomic E-state index is 12.4. The summed E-state index contributed by atoms with van der Waals surface area (Å²) in [7, 11) is 0. The number of pyridine rings is 1. The lowest BCUT2D eigenvalue weighted by atomic mass is 9.95. The number of carbonyl (C=O) groups is 1. The fourth-order valence-electron chi connectivity index (χ4n) is 2.69. The molecule has 2 aromatic rings. The van der Waals surface area contributed by atoms with Crippen LogP contribution in [-0.4, -0.2) is 30.0 Å². The standard InChI is InChI=1S/C16H18ClN3O/c1-10-9-18-7-6-13(10)20-16(21)14-5-3-11-2-4-12(17)8-15(11)19-14/h2-5,8,10,13,18H,6-7,9H2,1H3,(H,20,21). The number of rotatable bonds is 2. The van der Waals surface area contributed by atoms with Gasteiger partial charge in [-0.3, -0.25) is 4.79 Å². The second-order valence-electron chi connectivity index (χ2n) is 5.58. The number of nitrogens with zero attached hydrogens (tertiary/aromatic N) is 1. The van der Waals surface area contributed by atoms with Crippen LogP contribution in [0.5, 0.6) is 0 Å². The Balaban J connectivity index is 1.80. The smallest absolute Gasteiger partial charge is 0.270 e. The van der Waals surface area contributed by atoms with Crippen LogP contribution in [0, 0.1) is 5.92 Å². The van der Waals surface area contributed by atoms with Gasteiger partial charge in [0.25, 0.3) is 5.91 Å². The van der Waals surface area contributed by atoms with Gasteiger partial charge in [0, 0.05) is 16.5 Å². The van der Waals surface area contributed by atoms with E-state index in [2.05, 4.69) is 22.5 Å². The van der Waals surface area contributed by atoms with E-state index in [0.717, 1.165) is 30.4 Å². The largest absolute Gasteiger partial charge is 0.348 e. The van der Waals surface area contributed by atoms with Crippen LogP contribution >= 0.6 is 11.6 Å². The van der Waals surface area contributed by atoms with Crippen molar-refractivity contribution in [3.05, 3.63) is 41.0 Å². The molecule has 2 atom stereocenters. The number of nitrogens with one attached hydrogen (secondary N) is 2. The summed E-state index contributed by atoms with van der Waals surface area (Å²) in [6.07, 6.45) is 0.951. The van der Waals surface area contributed by atoms with Crippen LogP contribution in [0.1, 0.15) is 23.8 Å². The Hall–Kier alpha value is -1.65. The normalized spacial score (nSPS) is 22.2. The first-order chi connectivity index (χ1) is 10.1. The number of aromatic nitrogens is 1. The van der Waals surface area contributed by atoms with Crippen LogP contribution in [0.25, 0.3) is 10.9 Å². The van der Waals surface area contributed by atoms with Crippen molar-refractivity contribution in [2.24, 2.45) is 5.92 Å². The van der Waals surface area contributed by atoms with Crippen molar-refractivity contribution in [1.82, 2.24) is 15.6 Å². The molecule has 0 spiro atoms. The van der Waals surface area contributed by atoms with Gasteiger partial charge >= 0.3 is 0 Å². The Bertz CT molecular complexity index is 674. The van der Waals surface area contributed by atoms with E-state index in [1.54, 1.807) is 12.1 Å². The van der Waals surface area contributed by atoms with Gasteiger partial charge in [0.2, 0.25) is 0 Å². The van der Waals surface area contributed by atoms with Gasteiger partial charge < -0.3 is 10.6 Å². The molecule has 4 nitrogen and oxygen atoms in total. The fraction of sp³-hybridized carbons (Fsp3) is 0.375. The molecule has 0 aliphatic carbocycles. The molecule has 1 aliphatic heterocycles. The van der Waals surface area contributed by atoms with Crippen molar-refractivity contribution in [2.75, 3.05) is 13.1 Å². The third-order valence-electron chi connectivity index (χ3n) is 3.99. The number of carbonyl (C=O) groups excluding carboxylic acids is 1. The lowest BCUT2D eigenvalue weighted by Gasteiger charge is -2.30. The lowest BCUT2D eigenvalue weighted by Crippen LogP contribution is -2.48. The van der Waals surface area contributed by atoms with E-state index < -0.39 is 0 Å². The minimum absolute atomic E-state index is 0.115. The summed E-state index contributed by atoms with van der Waals surface area (Å²) < 4.78 is 0. The molecule has 1 aliphatic rings.